The number of ether oxygens (including phenoxy) is 1. The first-order valence-electron chi connectivity index (χ1n) is 5.47. The van der Waals surface area contributed by atoms with Crippen molar-refractivity contribution < 1.29 is 9.53 Å². The molecule has 0 spiro atoms. The second kappa shape index (κ2) is 5.50. The molecule has 0 heterocycles. The van der Waals surface area contributed by atoms with Gasteiger partial charge in [0.05, 0.1) is 7.11 Å². The first kappa shape index (κ1) is 12.5. The molecule has 2 nitrogen and oxygen atoms in total. The molecular weight excluding hydrogens is 200 g/mol. The maximum atomic E-state index is 11.0. The van der Waals surface area contributed by atoms with Crippen LogP contribution in [-0.4, -0.2) is 13.4 Å². The third kappa shape index (κ3) is 2.32. The number of benzene rings is 1. The van der Waals surface area contributed by atoms with Gasteiger partial charge in [0.1, 0.15) is 12.0 Å². The van der Waals surface area contributed by atoms with Gasteiger partial charge in [-0.3, -0.25) is 4.79 Å². The maximum Gasteiger partial charge on any atom is 0.150 e. The highest BCUT2D eigenvalue weighted by Crippen LogP contribution is 2.27. The summed E-state index contributed by atoms with van der Waals surface area (Å²) in [5.41, 5.74) is 4.02. The van der Waals surface area contributed by atoms with Gasteiger partial charge in [-0.25, -0.2) is 0 Å². The Morgan fingerprint density at radius 1 is 1.44 bits per heavy atom. The summed E-state index contributed by atoms with van der Waals surface area (Å²) in [4.78, 5) is 11.0. The zero-order valence-electron chi connectivity index (χ0n) is 10.3. The van der Waals surface area contributed by atoms with Gasteiger partial charge < -0.3 is 4.74 Å². The lowest BCUT2D eigenvalue weighted by Gasteiger charge is -2.13. The van der Waals surface area contributed by atoms with Crippen LogP contribution in [0.15, 0.2) is 18.2 Å². The summed E-state index contributed by atoms with van der Waals surface area (Å²) in [6.07, 6.45) is 3.65. The Morgan fingerprint density at radius 3 is 2.56 bits per heavy atom. The van der Waals surface area contributed by atoms with Crippen LogP contribution in [0.25, 0.3) is 5.57 Å². The second-order valence-corrected chi connectivity index (χ2v) is 3.69. The number of methoxy groups -OCH3 is 1. The number of allylic oxidation sites excluding steroid dienone is 2. The first-order chi connectivity index (χ1) is 7.67. The minimum absolute atomic E-state index is 0.747. The lowest BCUT2D eigenvalue weighted by Crippen LogP contribution is -1.98. The molecule has 0 aliphatic heterocycles. The summed E-state index contributed by atoms with van der Waals surface area (Å²) in [7, 11) is 1.66. The zero-order chi connectivity index (χ0) is 12.1. The van der Waals surface area contributed by atoms with Crippen molar-refractivity contribution in [2.75, 3.05) is 7.11 Å². The van der Waals surface area contributed by atoms with Gasteiger partial charge in [-0.05, 0) is 49.1 Å². The fourth-order valence-electron chi connectivity index (χ4n) is 1.91. The molecule has 0 aliphatic carbocycles. The van der Waals surface area contributed by atoms with E-state index in [0.717, 1.165) is 40.7 Å². The Kier molecular flexibility index (Phi) is 4.29. The lowest BCUT2D eigenvalue weighted by molar-refractivity contribution is -0.103. The molecule has 0 fully saturated rings. The minimum Gasteiger partial charge on any atom is -0.497 e. The van der Waals surface area contributed by atoms with Crippen LogP contribution < -0.4 is 4.74 Å². The predicted molar refractivity (Wildman–Crippen MR) is 66.8 cm³/mol. The normalized spacial score (nSPS) is 11.4. The summed E-state index contributed by atoms with van der Waals surface area (Å²) in [5, 5.41) is 0. The van der Waals surface area contributed by atoms with Crippen LogP contribution in [0.5, 0.6) is 5.75 Å². The van der Waals surface area contributed by atoms with Crippen LogP contribution in [-0.2, 0) is 11.2 Å². The van der Waals surface area contributed by atoms with Gasteiger partial charge >= 0.3 is 0 Å². The summed E-state index contributed by atoms with van der Waals surface area (Å²) < 4.78 is 5.23. The number of carbonyl (C=O) groups excluding carboxylic acids is 1. The van der Waals surface area contributed by atoms with Crippen molar-refractivity contribution in [2.45, 2.75) is 27.2 Å². The standard InChI is InChI=1S/C14H18O2/c1-5-11-8-13(16-4)7-10(3)14(11)12(6-2)9-15/h6-9H,5H2,1-4H3/b12-6-. The third-order valence-electron chi connectivity index (χ3n) is 2.73. The molecule has 16 heavy (non-hydrogen) atoms. The summed E-state index contributed by atoms with van der Waals surface area (Å²) >= 11 is 0. The Labute approximate surface area is 96.9 Å². The van der Waals surface area contributed by atoms with E-state index < -0.39 is 0 Å². The zero-order valence-corrected chi connectivity index (χ0v) is 10.3. The van der Waals surface area contributed by atoms with Crippen molar-refractivity contribution in [2.24, 2.45) is 0 Å². The number of hydrogen-bond acceptors (Lipinski definition) is 2. The number of carbonyl (C=O) groups is 1. The Balaban J connectivity index is 3.43. The highest BCUT2D eigenvalue weighted by molar-refractivity contribution is 6.08. The van der Waals surface area contributed by atoms with Gasteiger partial charge in [-0.15, -0.1) is 0 Å². The van der Waals surface area contributed by atoms with Crippen LogP contribution in [0.1, 0.15) is 30.5 Å². The second-order valence-electron chi connectivity index (χ2n) is 3.69. The molecular formula is C14H18O2. The Bertz CT molecular complexity index is 417. The molecule has 0 amide bonds. The number of hydrogen-bond donors (Lipinski definition) is 0. The molecule has 0 atom stereocenters. The van der Waals surface area contributed by atoms with Gasteiger partial charge in [0, 0.05) is 5.57 Å². The van der Waals surface area contributed by atoms with Crippen molar-refractivity contribution in [3.05, 3.63) is 34.9 Å². The van der Waals surface area contributed by atoms with E-state index in [1.807, 2.05) is 32.1 Å². The van der Waals surface area contributed by atoms with Gasteiger partial charge in [0.25, 0.3) is 0 Å². The smallest absolute Gasteiger partial charge is 0.150 e. The van der Waals surface area contributed by atoms with Gasteiger partial charge in [-0.2, -0.15) is 0 Å². The largest absolute Gasteiger partial charge is 0.497 e. The molecule has 0 aromatic heterocycles. The van der Waals surface area contributed by atoms with Crippen LogP contribution in [0.4, 0.5) is 0 Å². The molecule has 1 rings (SSSR count). The van der Waals surface area contributed by atoms with E-state index in [1.165, 1.54) is 0 Å². The van der Waals surface area contributed by atoms with Crippen LogP contribution in [0.3, 0.4) is 0 Å². The van der Waals surface area contributed by atoms with E-state index in [1.54, 1.807) is 7.11 Å². The van der Waals surface area contributed by atoms with Gasteiger partial charge in [0.15, 0.2) is 0 Å². The van der Waals surface area contributed by atoms with Crippen molar-refractivity contribution in [1.29, 1.82) is 0 Å². The van der Waals surface area contributed by atoms with Crippen molar-refractivity contribution >= 4 is 11.9 Å². The predicted octanol–water partition coefficient (Wildman–Crippen LogP) is 3.17. The topological polar surface area (TPSA) is 26.3 Å². The van der Waals surface area contributed by atoms with Crippen molar-refractivity contribution in [3.8, 4) is 5.75 Å². The maximum absolute atomic E-state index is 11.0. The molecule has 86 valence electrons. The molecule has 0 saturated carbocycles. The molecule has 0 bridgehead atoms. The molecule has 0 N–H and O–H groups in total. The summed E-state index contributed by atoms with van der Waals surface area (Å²) in [5.74, 6) is 0.847. The minimum atomic E-state index is 0.747. The number of rotatable bonds is 4. The quantitative estimate of drug-likeness (QED) is 0.573. The molecule has 0 unspecified atom stereocenters. The first-order valence-corrected chi connectivity index (χ1v) is 5.47. The highest BCUT2D eigenvalue weighted by Gasteiger charge is 2.10. The SMILES string of the molecule is C/C=C(/C=O)c1c(C)cc(OC)cc1CC. The highest BCUT2D eigenvalue weighted by atomic mass is 16.5. The average Bonchev–Trinajstić information content (AvgIpc) is 2.31. The van der Waals surface area contributed by atoms with E-state index in [0.29, 0.717) is 0 Å². The summed E-state index contributed by atoms with van der Waals surface area (Å²) in [6, 6.07) is 3.96. The van der Waals surface area contributed by atoms with E-state index in [9.17, 15) is 4.79 Å². The molecule has 0 aliphatic rings. The van der Waals surface area contributed by atoms with Crippen LogP contribution in [0, 0.1) is 6.92 Å². The lowest BCUT2D eigenvalue weighted by atomic mass is 9.93. The van der Waals surface area contributed by atoms with Crippen molar-refractivity contribution in [3.63, 3.8) is 0 Å². The number of aldehydes is 1. The third-order valence-corrected chi connectivity index (χ3v) is 2.73. The van der Waals surface area contributed by atoms with Crippen molar-refractivity contribution in [1.82, 2.24) is 0 Å². The Morgan fingerprint density at radius 2 is 2.12 bits per heavy atom. The molecule has 0 radical (unpaired) electrons. The van der Waals surface area contributed by atoms with E-state index in [-0.39, 0.29) is 0 Å². The molecule has 2 heteroatoms. The van der Waals surface area contributed by atoms with E-state index >= 15 is 0 Å². The Hall–Kier alpha value is -1.57. The monoisotopic (exact) mass is 218 g/mol. The van der Waals surface area contributed by atoms with Gasteiger partial charge in [-0.1, -0.05) is 13.0 Å². The van der Waals surface area contributed by atoms with Gasteiger partial charge in [0.2, 0.25) is 0 Å². The van der Waals surface area contributed by atoms with Crippen LogP contribution >= 0.6 is 0 Å². The van der Waals surface area contributed by atoms with E-state index in [2.05, 4.69) is 6.92 Å². The molecule has 1 aromatic rings. The summed E-state index contributed by atoms with van der Waals surface area (Å²) in [6.45, 7) is 5.96. The van der Waals surface area contributed by atoms with E-state index in [4.69, 9.17) is 4.74 Å². The number of aryl methyl sites for hydroxylation is 2. The fourth-order valence-corrected chi connectivity index (χ4v) is 1.91. The average molecular weight is 218 g/mol. The molecule has 0 saturated heterocycles. The molecule has 1 aromatic carbocycles. The fraction of sp³-hybridized carbons (Fsp3) is 0.357. The van der Waals surface area contributed by atoms with Crippen LogP contribution in [0.2, 0.25) is 0 Å².